The van der Waals surface area contributed by atoms with Crippen LogP contribution in [0.1, 0.15) is 23.7 Å². The number of nitrogens with zero attached hydrogens (tertiary/aromatic N) is 1. The molecule has 25 heavy (non-hydrogen) atoms. The van der Waals surface area contributed by atoms with E-state index in [0.717, 1.165) is 6.07 Å². The zero-order valence-electron chi connectivity index (χ0n) is 14.0. The van der Waals surface area contributed by atoms with Crippen molar-refractivity contribution in [2.24, 2.45) is 0 Å². The highest BCUT2D eigenvalue weighted by atomic mass is 32.2. The standard InChI is InChI=1S/C16H20FNO6S/c1-3-18(11-6-7-25(21,22)10-11)15(19)9-24-16(20)13-5-4-12(23-2)8-14(13)17/h4-5,8,11H,3,6-7,9-10H2,1-2H3/t11-/m1/s1. The Morgan fingerprint density at radius 3 is 2.60 bits per heavy atom. The Kier molecular flexibility index (Phi) is 5.99. The molecule has 0 bridgehead atoms. The Morgan fingerprint density at radius 1 is 1.36 bits per heavy atom. The maximum Gasteiger partial charge on any atom is 0.341 e. The fourth-order valence-electron chi connectivity index (χ4n) is 2.74. The Hall–Kier alpha value is -2.16. The Morgan fingerprint density at radius 2 is 2.08 bits per heavy atom. The molecule has 1 fully saturated rings. The third-order valence-electron chi connectivity index (χ3n) is 4.03. The molecule has 0 spiro atoms. The molecular formula is C16H20FNO6S. The highest BCUT2D eigenvalue weighted by Gasteiger charge is 2.34. The van der Waals surface area contributed by atoms with Crippen LogP contribution < -0.4 is 4.74 Å². The van der Waals surface area contributed by atoms with Crippen molar-refractivity contribution in [2.75, 3.05) is 31.8 Å². The van der Waals surface area contributed by atoms with E-state index in [4.69, 9.17) is 9.47 Å². The second-order valence-electron chi connectivity index (χ2n) is 5.66. The van der Waals surface area contributed by atoms with E-state index in [9.17, 15) is 22.4 Å². The number of methoxy groups -OCH3 is 1. The van der Waals surface area contributed by atoms with Crippen molar-refractivity contribution in [1.29, 1.82) is 0 Å². The molecule has 0 unspecified atom stereocenters. The molecule has 1 amide bonds. The SMILES string of the molecule is CCN(C(=O)COC(=O)c1ccc(OC)cc1F)[C@@H]1CCS(=O)(=O)C1. The zero-order valence-corrected chi connectivity index (χ0v) is 14.8. The lowest BCUT2D eigenvalue weighted by Crippen LogP contribution is -2.43. The van der Waals surface area contributed by atoms with Gasteiger partial charge in [0.2, 0.25) is 0 Å². The molecule has 0 aromatic heterocycles. The molecule has 9 heteroatoms. The zero-order chi connectivity index (χ0) is 18.6. The van der Waals surface area contributed by atoms with Crippen LogP contribution in [0.2, 0.25) is 0 Å². The number of benzene rings is 1. The van der Waals surface area contributed by atoms with E-state index in [1.165, 1.54) is 24.1 Å². The maximum absolute atomic E-state index is 13.8. The summed E-state index contributed by atoms with van der Waals surface area (Å²) in [7, 11) is -1.76. The number of halogens is 1. The van der Waals surface area contributed by atoms with Crippen LogP contribution in [0.4, 0.5) is 4.39 Å². The van der Waals surface area contributed by atoms with Crippen molar-refractivity contribution in [2.45, 2.75) is 19.4 Å². The average molecular weight is 373 g/mol. The molecule has 138 valence electrons. The molecule has 1 saturated heterocycles. The first-order chi connectivity index (χ1) is 11.8. The number of esters is 1. The molecule has 1 aromatic carbocycles. The summed E-state index contributed by atoms with van der Waals surface area (Å²) >= 11 is 0. The number of hydrogen-bond acceptors (Lipinski definition) is 6. The summed E-state index contributed by atoms with van der Waals surface area (Å²) in [6.45, 7) is 1.44. The lowest BCUT2D eigenvalue weighted by atomic mass is 10.2. The van der Waals surface area contributed by atoms with E-state index in [-0.39, 0.29) is 22.8 Å². The fourth-order valence-corrected chi connectivity index (χ4v) is 4.47. The van der Waals surface area contributed by atoms with Crippen molar-refractivity contribution in [3.05, 3.63) is 29.6 Å². The maximum atomic E-state index is 13.8. The van der Waals surface area contributed by atoms with Crippen LogP contribution in [-0.4, -0.2) is 63.0 Å². The molecule has 2 rings (SSSR count). The fraction of sp³-hybridized carbons (Fsp3) is 0.500. The first kappa shape index (κ1) is 19.2. The van der Waals surface area contributed by atoms with E-state index < -0.39 is 40.2 Å². The molecular weight excluding hydrogens is 353 g/mol. The predicted molar refractivity (Wildman–Crippen MR) is 87.7 cm³/mol. The molecule has 0 radical (unpaired) electrons. The predicted octanol–water partition coefficient (Wildman–Crippen LogP) is 1.03. The quantitative estimate of drug-likeness (QED) is 0.692. The van der Waals surface area contributed by atoms with Gasteiger partial charge in [-0.15, -0.1) is 0 Å². The average Bonchev–Trinajstić information content (AvgIpc) is 2.92. The molecule has 1 heterocycles. The number of carbonyl (C=O) groups excluding carboxylic acids is 2. The highest BCUT2D eigenvalue weighted by molar-refractivity contribution is 7.91. The monoisotopic (exact) mass is 373 g/mol. The van der Waals surface area contributed by atoms with E-state index in [0.29, 0.717) is 13.0 Å². The van der Waals surface area contributed by atoms with Gasteiger partial charge in [0.25, 0.3) is 5.91 Å². The van der Waals surface area contributed by atoms with Gasteiger partial charge in [-0.1, -0.05) is 0 Å². The number of ether oxygens (including phenoxy) is 2. The number of amides is 1. The summed E-state index contributed by atoms with van der Waals surface area (Å²) in [4.78, 5) is 25.5. The molecule has 1 aliphatic heterocycles. The second kappa shape index (κ2) is 7.81. The minimum Gasteiger partial charge on any atom is -0.497 e. The molecule has 1 aromatic rings. The van der Waals surface area contributed by atoms with Crippen molar-refractivity contribution in [1.82, 2.24) is 4.90 Å². The largest absolute Gasteiger partial charge is 0.497 e. The van der Waals surface area contributed by atoms with Crippen LogP contribution in [0, 0.1) is 5.82 Å². The third kappa shape index (κ3) is 4.68. The van der Waals surface area contributed by atoms with Crippen LogP contribution in [0.25, 0.3) is 0 Å². The van der Waals surface area contributed by atoms with E-state index >= 15 is 0 Å². The van der Waals surface area contributed by atoms with Gasteiger partial charge in [0, 0.05) is 18.7 Å². The summed E-state index contributed by atoms with van der Waals surface area (Å²) in [5.41, 5.74) is -0.305. The van der Waals surface area contributed by atoms with Crippen LogP contribution in [-0.2, 0) is 19.4 Å². The van der Waals surface area contributed by atoms with Gasteiger partial charge in [0.1, 0.15) is 11.6 Å². The first-order valence-corrected chi connectivity index (χ1v) is 9.60. The van der Waals surface area contributed by atoms with Crippen LogP contribution in [0.3, 0.4) is 0 Å². The van der Waals surface area contributed by atoms with E-state index in [1.807, 2.05) is 0 Å². The Balaban J connectivity index is 1.97. The van der Waals surface area contributed by atoms with Crippen LogP contribution >= 0.6 is 0 Å². The summed E-state index contributed by atoms with van der Waals surface area (Å²) in [5.74, 6) is -2.09. The van der Waals surface area contributed by atoms with Gasteiger partial charge >= 0.3 is 5.97 Å². The minimum absolute atomic E-state index is 0.0400. The van der Waals surface area contributed by atoms with Crippen LogP contribution in [0.5, 0.6) is 5.75 Å². The van der Waals surface area contributed by atoms with E-state index in [2.05, 4.69) is 0 Å². The van der Waals surface area contributed by atoms with Crippen molar-refractivity contribution < 1.29 is 31.9 Å². The third-order valence-corrected chi connectivity index (χ3v) is 5.78. The molecule has 7 nitrogen and oxygen atoms in total. The Labute approximate surface area is 145 Å². The number of carbonyl (C=O) groups is 2. The number of sulfone groups is 1. The minimum atomic E-state index is -3.13. The van der Waals surface area contributed by atoms with Crippen molar-refractivity contribution in [3.63, 3.8) is 0 Å². The lowest BCUT2D eigenvalue weighted by molar-refractivity contribution is -0.136. The summed E-state index contributed by atoms with van der Waals surface area (Å²) < 4.78 is 46.6. The van der Waals surface area contributed by atoms with Crippen molar-refractivity contribution in [3.8, 4) is 5.75 Å². The Bertz CT molecular complexity index is 764. The topological polar surface area (TPSA) is 90.0 Å². The number of hydrogen-bond donors (Lipinski definition) is 0. The van der Waals surface area contributed by atoms with Gasteiger partial charge in [0.05, 0.1) is 24.2 Å². The summed E-state index contributed by atoms with van der Waals surface area (Å²) in [6.07, 6.45) is 0.364. The van der Waals surface area contributed by atoms with Gasteiger partial charge < -0.3 is 14.4 Å². The molecule has 0 saturated carbocycles. The van der Waals surface area contributed by atoms with Gasteiger partial charge in [-0.2, -0.15) is 0 Å². The summed E-state index contributed by atoms with van der Waals surface area (Å²) in [6, 6.07) is 3.24. The smallest absolute Gasteiger partial charge is 0.341 e. The van der Waals surface area contributed by atoms with E-state index in [1.54, 1.807) is 6.92 Å². The normalized spacial score (nSPS) is 18.6. The van der Waals surface area contributed by atoms with Gasteiger partial charge in [-0.25, -0.2) is 17.6 Å². The van der Waals surface area contributed by atoms with Gasteiger partial charge in [0.15, 0.2) is 16.4 Å². The second-order valence-corrected chi connectivity index (χ2v) is 7.89. The van der Waals surface area contributed by atoms with Crippen molar-refractivity contribution >= 4 is 21.7 Å². The lowest BCUT2D eigenvalue weighted by Gasteiger charge is -2.26. The van der Waals surface area contributed by atoms with Gasteiger partial charge in [-0.05, 0) is 25.5 Å². The number of likely N-dealkylation sites (N-methyl/N-ethyl adjacent to an activating group) is 1. The van der Waals surface area contributed by atoms with Crippen LogP contribution in [0.15, 0.2) is 18.2 Å². The first-order valence-electron chi connectivity index (χ1n) is 7.78. The molecule has 0 N–H and O–H groups in total. The highest BCUT2D eigenvalue weighted by Crippen LogP contribution is 2.19. The molecule has 1 aliphatic rings. The molecule has 1 atom stereocenters. The summed E-state index contributed by atoms with van der Waals surface area (Å²) in [5, 5.41) is 0. The number of rotatable bonds is 6. The van der Waals surface area contributed by atoms with Gasteiger partial charge in [-0.3, -0.25) is 4.79 Å². The molecule has 0 aliphatic carbocycles.